The molecule has 4 rings (SSSR count). The normalized spacial score (nSPS) is 15.3. The summed E-state index contributed by atoms with van der Waals surface area (Å²) in [6, 6.07) is 1.86. The van der Waals surface area contributed by atoms with E-state index in [0.29, 0.717) is 11.8 Å². The van der Waals surface area contributed by atoms with Crippen LogP contribution < -0.4 is 10.2 Å². The molecule has 1 saturated heterocycles. The fourth-order valence-corrected chi connectivity index (χ4v) is 2.82. The molecule has 128 valence electrons. The number of amides is 1. The molecule has 0 radical (unpaired) electrons. The highest BCUT2D eigenvalue weighted by atomic mass is 16.2. The van der Waals surface area contributed by atoms with Gasteiger partial charge in [0.05, 0.1) is 0 Å². The molecular weight excluding hydrogens is 324 g/mol. The lowest BCUT2D eigenvalue weighted by atomic mass is 9.96. The molecule has 0 saturated carbocycles. The van der Waals surface area contributed by atoms with Crippen LogP contribution in [0, 0.1) is 5.92 Å². The van der Waals surface area contributed by atoms with Gasteiger partial charge in [-0.1, -0.05) is 0 Å². The van der Waals surface area contributed by atoms with Gasteiger partial charge in [0.15, 0.2) is 5.82 Å². The van der Waals surface area contributed by atoms with E-state index in [0.717, 1.165) is 31.7 Å². The maximum Gasteiger partial charge on any atom is 0.229 e. The smallest absolute Gasteiger partial charge is 0.229 e. The first-order valence-electron chi connectivity index (χ1n) is 7.88. The van der Waals surface area contributed by atoms with Crippen LogP contribution in [-0.4, -0.2) is 58.9 Å². The number of anilines is 2. The summed E-state index contributed by atoms with van der Waals surface area (Å²) in [5.41, 5.74) is 0. The Morgan fingerprint density at radius 1 is 1.12 bits per heavy atom. The summed E-state index contributed by atoms with van der Waals surface area (Å²) in [7, 11) is 0. The highest BCUT2D eigenvalue weighted by Crippen LogP contribution is 2.23. The predicted molar refractivity (Wildman–Crippen MR) is 86.9 cm³/mol. The molecule has 1 amide bonds. The Hall–Kier alpha value is -3.37. The van der Waals surface area contributed by atoms with E-state index in [1.165, 1.54) is 19.0 Å². The second-order valence-electron chi connectivity index (χ2n) is 5.66. The van der Waals surface area contributed by atoms with E-state index in [4.69, 9.17) is 0 Å². The average molecular weight is 340 g/mol. The maximum atomic E-state index is 12.3. The molecule has 1 fully saturated rings. The van der Waals surface area contributed by atoms with Crippen molar-refractivity contribution in [2.75, 3.05) is 23.3 Å². The van der Waals surface area contributed by atoms with Crippen molar-refractivity contribution in [2.45, 2.75) is 12.8 Å². The molecule has 25 heavy (non-hydrogen) atoms. The number of hydrogen-bond donors (Lipinski definition) is 2. The Kier molecular flexibility index (Phi) is 4.02. The van der Waals surface area contributed by atoms with Gasteiger partial charge in [0.1, 0.15) is 31.1 Å². The zero-order valence-corrected chi connectivity index (χ0v) is 13.3. The van der Waals surface area contributed by atoms with Gasteiger partial charge in [-0.05, 0) is 12.8 Å². The highest BCUT2D eigenvalue weighted by molar-refractivity contribution is 5.91. The molecule has 1 aliphatic rings. The van der Waals surface area contributed by atoms with Crippen LogP contribution >= 0.6 is 0 Å². The van der Waals surface area contributed by atoms with Crippen LogP contribution in [0.2, 0.25) is 0 Å². The lowest BCUT2D eigenvalue weighted by molar-refractivity contribution is -0.120. The van der Waals surface area contributed by atoms with Crippen LogP contribution in [0.1, 0.15) is 12.8 Å². The quantitative estimate of drug-likeness (QED) is 0.680. The Morgan fingerprint density at radius 3 is 2.68 bits per heavy atom. The van der Waals surface area contributed by atoms with Crippen molar-refractivity contribution in [3.63, 3.8) is 0 Å². The van der Waals surface area contributed by atoms with Gasteiger partial charge in [-0.2, -0.15) is 15.2 Å². The van der Waals surface area contributed by atoms with Gasteiger partial charge in [0, 0.05) is 25.1 Å². The summed E-state index contributed by atoms with van der Waals surface area (Å²) >= 11 is 0. The van der Waals surface area contributed by atoms with E-state index in [-0.39, 0.29) is 11.8 Å². The number of rotatable bonds is 4. The Balaban J connectivity index is 1.39. The minimum absolute atomic E-state index is 0.0395. The van der Waals surface area contributed by atoms with E-state index in [9.17, 15) is 4.79 Å². The van der Waals surface area contributed by atoms with Crippen molar-refractivity contribution in [3.05, 3.63) is 31.4 Å². The molecule has 4 heterocycles. The first-order valence-corrected chi connectivity index (χ1v) is 7.88. The fraction of sp³-hybridized carbons (Fsp3) is 0.357. The van der Waals surface area contributed by atoms with Crippen molar-refractivity contribution in [1.29, 1.82) is 0 Å². The second kappa shape index (κ2) is 6.63. The second-order valence-corrected chi connectivity index (χ2v) is 5.66. The van der Waals surface area contributed by atoms with Crippen LogP contribution in [0.4, 0.5) is 11.8 Å². The van der Waals surface area contributed by atoms with Crippen LogP contribution in [0.5, 0.6) is 0 Å². The average Bonchev–Trinajstić information content (AvgIpc) is 3.36. The topological polar surface area (TPSA) is 130 Å². The number of carbonyl (C=O) groups is 1. The number of aromatic nitrogens is 8. The summed E-state index contributed by atoms with van der Waals surface area (Å²) < 4.78 is 1.59. The minimum atomic E-state index is -0.0574. The van der Waals surface area contributed by atoms with Crippen LogP contribution in [-0.2, 0) is 4.79 Å². The number of aromatic amines is 1. The molecule has 0 unspecified atom stereocenters. The minimum Gasteiger partial charge on any atom is -0.356 e. The lowest BCUT2D eigenvalue weighted by Crippen LogP contribution is -2.38. The summed E-state index contributed by atoms with van der Waals surface area (Å²) in [5.74, 6) is 1.75. The van der Waals surface area contributed by atoms with Crippen molar-refractivity contribution >= 4 is 17.7 Å². The van der Waals surface area contributed by atoms with E-state index in [1.54, 1.807) is 11.0 Å². The maximum absolute atomic E-state index is 12.3. The largest absolute Gasteiger partial charge is 0.356 e. The van der Waals surface area contributed by atoms with Gasteiger partial charge in [-0.15, -0.1) is 0 Å². The lowest BCUT2D eigenvalue weighted by Gasteiger charge is -2.31. The molecule has 3 aromatic rings. The summed E-state index contributed by atoms with van der Waals surface area (Å²) in [6.45, 7) is 1.48. The Bertz CT molecular complexity index is 823. The molecule has 0 spiro atoms. The van der Waals surface area contributed by atoms with E-state index >= 15 is 0 Å². The van der Waals surface area contributed by atoms with Crippen LogP contribution in [0.15, 0.2) is 31.4 Å². The van der Waals surface area contributed by atoms with Crippen molar-refractivity contribution < 1.29 is 4.79 Å². The van der Waals surface area contributed by atoms with E-state index < -0.39 is 0 Å². The molecular formula is C14H16N10O. The number of nitrogens with one attached hydrogen (secondary N) is 2. The molecule has 11 nitrogen and oxygen atoms in total. The molecule has 11 heteroatoms. The van der Waals surface area contributed by atoms with Crippen molar-refractivity contribution in [3.8, 4) is 5.82 Å². The monoisotopic (exact) mass is 340 g/mol. The number of piperidine rings is 1. The van der Waals surface area contributed by atoms with Crippen LogP contribution in [0.25, 0.3) is 5.82 Å². The van der Waals surface area contributed by atoms with Gasteiger partial charge < -0.3 is 4.90 Å². The Morgan fingerprint density at radius 2 is 1.96 bits per heavy atom. The molecule has 0 bridgehead atoms. The molecule has 1 aliphatic heterocycles. The first kappa shape index (κ1) is 15.2. The van der Waals surface area contributed by atoms with Crippen molar-refractivity contribution in [1.82, 2.24) is 39.9 Å². The van der Waals surface area contributed by atoms with Gasteiger partial charge in [0.2, 0.25) is 11.9 Å². The SMILES string of the molecule is O=C(Nc1ncn[nH]1)C1CCN(c2cc(-n3cncn3)ncn2)CC1. The van der Waals surface area contributed by atoms with E-state index in [1.807, 2.05) is 6.07 Å². The van der Waals surface area contributed by atoms with Gasteiger partial charge >= 0.3 is 0 Å². The molecule has 0 atom stereocenters. The van der Waals surface area contributed by atoms with E-state index in [2.05, 4.69) is 45.4 Å². The van der Waals surface area contributed by atoms with Gasteiger partial charge in [-0.3, -0.25) is 10.1 Å². The zero-order chi connectivity index (χ0) is 17.1. The van der Waals surface area contributed by atoms with Gasteiger partial charge in [0.25, 0.3) is 0 Å². The predicted octanol–water partition coefficient (Wildman–Crippen LogP) is 0.0305. The third-order valence-corrected chi connectivity index (χ3v) is 4.14. The Labute approximate surface area is 142 Å². The third-order valence-electron chi connectivity index (χ3n) is 4.14. The standard InChI is InChI=1S/C14H16N10O/c25-13(21-14-18-8-19-22-14)10-1-3-23(4-2-10)11-5-12(17-7-16-11)24-9-15-6-20-24/h5-10H,1-4H2,(H2,18,19,21,22,25). The summed E-state index contributed by atoms with van der Waals surface area (Å²) in [5, 5.41) is 13.2. The first-order chi connectivity index (χ1) is 12.3. The summed E-state index contributed by atoms with van der Waals surface area (Å²) in [6.07, 6.45) is 7.40. The zero-order valence-electron chi connectivity index (χ0n) is 13.3. The third kappa shape index (κ3) is 3.29. The highest BCUT2D eigenvalue weighted by Gasteiger charge is 2.26. The number of nitrogens with zero attached hydrogens (tertiary/aromatic N) is 8. The van der Waals surface area contributed by atoms with Gasteiger partial charge in [-0.25, -0.2) is 24.7 Å². The summed E-state index contributed by atoms with van der Waals surface area (Å²) in [4.78, 5) is 30.8. The van der Waals surface area contributed by atoms with Crippen molar-refractivity contribution in [2.24, 2.45) is 5.92 Å². The number of carbonyl (C=O) groups excluding carboxylic acids is 1. The number of H-pyrrole nitrogens is 1. The number of hydrogen-bond acceptors (Lipinski definition) is 8. The molecule has 3 aromatic heterocycles. The fourth-order valence-electron chi connectivity index (χ4n) is 2.82. The molecule has 0 aromatic carbocycles. The molecule has 0 aliphatic carbocycles. The van der Waals surface area contributed by atoms with Crippen LogP contribution in [0.3, 0.4) is 0 Å². The molecule has 2 N–H and O–H groups in total.